The van der Waals surface area contributed by atoms with Crippen LogP contribution in [0.15, 0.2) is 54.7 Å². The fourth-order valence-corrected chi connectivity index (χ4v) is 11.2. The van der Waals surface area contributed by atoms with E-state index in [9.17, 15) is 34.6 Å². The van der Waals surface area contributed by atoms with Gasteiger partial charge >= 0.3 is 0 Å². The molecule has 0 bridgehead atoms. The predicted octanol–water partition coefficient (Wildman–Crippen LogP) is 13.4. The third kappa shape index (κ3) is 9.96. The van der Waals surface area contributed by atoms with Crippen LogP contribution in [-0.2, 0) is 43.5 Å². The molecule has 0 saturated carbocycles. The molecule has 0 atom stereocenters. The summed E-state index contributed by atoms with van der Waals surface area (Å²) in [5, 5.41) is 34.5. The lowest BCUT2D eigenvalue weighted by molar-refractivity contribution is -0.385. The first kappa shape index (κ1) is 55.4. The summed E-state index contributed by atoms with van der Waals surface area (Å²) in [5.74, 6) is 1.88. The molecule has 0 spiro atoms. The molecular formula is C56H75BrN8O7. The van der Waals surface area contributed by atoms with Crippen LogP contribution in [0.5, 0.6) is 0 Å². The number of amides is 3. The molecule has 4 aliphatic rings. The number of nitro groups is 2. The number of fused-ring (bicyclic) bond motifs is 8. The van der Waals surface area contributed by atoms with E-state index in [2.05, 4.69) is 109 Å². The SMILES string of the molecule is CC(C)CBr.CCC1(CC)C(=O)N(CC(C)C)c2cc3c4c([nH]c3cc21)-c1[nH]ncc1CCC4.CCC1(CC)C(=O)N(CC(C)C)c2ccc([N+](=O)[O-])cc21.CCC1(CC)C(=O)Nc2ccc([N+](=O)[O-])cc21. The van der Waals surface area contributed by atoms with Gasteiger partial charge in [-0.2, -0.15) is 5.10 Å². The Morgan fingerprint density at radius 1 is 0.653 bits per heavy atom. The second-order valence-corrected chi connectivity index (χ2v) is 21.6. The lowest BCUT2D eigenvalue weighted by Gasteiger charge is -2.26. The number of aromatic nitrogens is 3. The number of nitrogens with one attached hydrogen (secondary N) is 3. The van der Waals surface area contributed by atoms with Gasteiger partial charge in [0.15, 0.2) is 0 Å². The van der Waals surface area contributed by atoms with Crippen molar-refractivity contribution < 1.29 is 24.2 Å². The van der Waals surface area contributed by atoms with Crippen LogP contribution < -0.4 is 15.1 Å². The van der Waals surface area contributed by atoms with E-state index in [0.717, 1.165) is 83.6 Å². The third-order valence-electron chi connectivity index (χ3n) is 15.4. The average molecular weight is 1050 g/mol. The molecule has 0 radical (unpaired) electrons. The molecule has 9 rings (SSSR count). The van der Waals surface area contributed by atoms with Gasteiger partial charge in [0.1, 0.15) is 0 Å². The van der Waals surface area contributed by atoms with E-state index in [0.29, 0.717) is 49.8 Å². The van der Waals surface area contributed by atoms with E-state index in [1.54, 1.807) is 23.1 Å². The molecule has 0 unspecified atom stereocenters. The second kappa shape index (κ2) is 22.5. The maximum Gasteiger partial charge on any atom is 0.269 e. The zero-order valence-corrected chi connectivity index (χ0v) is 46.0. The number of nitro benzene ring substituents is 2. The number of alkyl halides is 1. The Bertz CT molecular complexity index is 2820. The Labute approximate surface area is 433 Å². The molecule has 15 nitrogen and oxygen atoms in total. The molecule has 72 heavy (non-hydrogen) atoms. The number of non-ortho nitro benzene ring substituents is 2. The zero-order valence-electron chi connectivity index (χ0n) is 44.4. The van der Waals surface area contributed by atoms with E-state index < -0.39 is 26.1 Å². The van der Waals surface area contributed by atoms with Gasteiger partial charge in [-0.1, -0.05) is 99.0 Å². The number of halogens is 1. The van der Waals surface area contributed by atoms with Crippen LogP contribution in [-0.4, -0.2) is 61.2 Å². The van der Waals surface area contributed by atoms with Gasteiger partial charge in [0.2, 0.25) is 17.7 Å². The minimum atomic E-state index is -0.615. The van der Waals surface area contributed by atoms with Gasteiger partial charge in [-0.25, -0.2) is 0 Å². The summed E-state index contributed by atoms with van der Waals surface area (Å²) in [5.41, 5.74) is 9.96. The molecule has 3 N–H and O–H groups in total. The Balaban J connectivity index is 0.000000174. The lowest BCUT2D eigenvalue weighted by atomic mass is 9.76. The predicted molar refractivity (Wildman–Crippen MR) is 293 cm³/mol. The first-order valence-corrected chi connectivity index (χ1v) is 27.1. The number of anilines is 3. The normalized spacial score (nSPS) is 16.4. The Kier molecular flexibility index (Phi) is 17.3. The summed E-state index contributed by atoms with van der Waals surface area (Å²) in [7, 11) is 0. The highest BCUT2D eigenvalue weighted by atomic mass is 79.9. The Morgan fingerprint density at radius 2 is 1.15 bits per heavy atom. The van der Waals surface area contributed by atoms with Crippen LogP contribution in [0.3, 0.4) is 0 Å². The number of aromatic amines is 2. The first-order valence-electron chi connectivity index (χ1n) is 26.0. The standard InChI is InChI=1S/C24H30N4O.C16H22N2O3.C12H14N2O3.C4H9Br/c1-5-24(6-2)18-11-19-17(10-20(18)28(23(24)29)13-14(3)4)16-9-7-8-15-12-25-27-21(15)22(16)26-19;1-5-16(6-2)13-9-12(18(20)21)7-8-14(13)17(15(16)19)10-11(3)4;1-3-12(4-2)9-7-8(14(16)17)5-6-10(9)13-11(12)15;1-4(2)3-5/h10-12,14,26H,5-9,13H2,1-4H3,(H,25,27);7-9,11H,5-6,10H2,1-4H3;5-7H,3-4H2,1-2H3,(H,13,15);4H,3H2,1-2H3. The number of hydrogen-bond acceptors (Lipinski definition) is 8. The fourth-order valence-electron chi connectivity index (χ4n) is 11.2. The van der Waals surface area contributed by atoms with Crippen molar-refractivity contribution in [1.82, 2.24) is 15.2 Å². The summed E-state index contributed by atoms with van der Waals surface area (Å²) >= 11 is 3.31. The van der Waals surface area contributed by atoms with Gasteiger partial charge in [0.25, 0.3) is 11.4 Å². The van der Waals surface area contributed by atoms with Crippen LogP contribution in [0.25, 0.3) is 22.3 Å². The summed E-state index contributed by atoms with van der Waals surface area (Å²) < 4.78 is 0. The molecule has 3 amide bonds. The van der Waals surface area contributed by atoms with Gasteiger partial charge in [0, 0.05) is 70.7 Å². The number of benzene rings is 3. The number of H-pyrrole nitrogens is 2. The van der Waals surface area contributed by atoms with Crippen molar-refractivity contribution >= 4 is 73.0 Å². The summed E-state index contributed by atoms with van der Waals surface area (Å²) in [6.45, 7) is 26.4. The van der Waals surface area contributed by atoms with E-state index >= 15 is 0 Å². The van der Waals surface area contributed by atoms with E-state index in [4.69, 9.17) is 0 Å². The van der Waals surface area contributed by atoms with Crippen molar-refractivity contribution in [2.24, 2.45) is 17.8 Å². The van der Waals surface area contributed by atoms with Crippen molar-refractivity contribution in [3.8, 4) is 11.4 Å². The molecule has 0 saturated heterocycles. The Hall–Kier alpha value is -5.90. The van der Waals surface area contributed by atoms with E-state index in [1.165, 1.54) is 46.0 Å². The number of carbonyl (C=O) groups excluding carboxylic acids is 3. The van der Waals surface area contributed by atoms with Crippen molar-refractivity contribution in [3.05, 3.63) is 103 Å². The van der Waals surface area contributed by atoms with Crippen LogP contribution in [0, 0.1) is 38.0 Å². The minimum absolute atomic E-state index is 0.0338. The zero-order chi connectivity index (χ0) is 53.0. The van der Waals surface area contributed by atoms with Gasteiger partial charge in [0.05, 0.1) is 43.7 Å². The largest absolute Gasteiger partial charge is 0.353 e. The maximum atomic E-state index is 13.6. The van der Waals surface area contributed by atoms with Crippen molar-refractivity contribution in [2.75, 3.05) is 33.5 Å². The molecule has 5 heterocycles. The van der Waals surface area contributed by atoms with Crippen molar-refractivity contribution in [1.29, 1.82) is 0 Å². The lowest BCUT2D eigenvalue weighted by Crippen LogP contribution is -2.41. The molecule has 0 fully saturated rings. The number of aryl methyl sites for hydroxylation is 2. The monoisotopic (exact) mass is 1050 g/mol. The van der Waals surface area contributed by atoms with Gasteiger partial charge < -0.3 is 20.1 Å². The quantitative estimate of drug-likeness (QED) is 0.0587. The number of carbonyl (C=O) groups is 3. The maximum absolute atomic E-state index is 13.6. The highest BCUT2D eigenvalue weighted by molar-refractivity contribution is 9.09. The summed E-state index contributed by atoms with van der Waals surface area (Å²) in [6, 6.07) is 13.9. The van der Waals surface area contributed by atoms with Crippen LogP contribution in [0.2, 0.25) is 0 Å². The highest BCUT2D eigenvalue weighted by Crippen LogP contribution is 2.51. The summed E-state index contributed by atoms with van der Waals surface area (Å²) in [4.78, 5) is 67.0. The molecule has 3 aromatic carbocycles. The molecule has 16 heteroatoms. The molecule has 388 valence electrons. The molecule has 5 aromatic rings. The molecule has 2 aromatic heterocycles. The van der Waals surface area contributed by atoms with Crippen molar-refractivity contribution in [2.45, 2.75) is 157 Å². The second-order valence-electron chi connectivity index (χ2n) is 21.0. The number of hydrogen-bond donors (Lipinski definition) is 3. The average Bonchev–Trinajstić information content (AvgIpc) is 4.12. The topological polar surface area (TPSA) is 200 Å². The molecule has 3 aliphatic heterocycles. The van der Waals surface area contributed by atoms with E-state index in [-0.39, 0.29) is 29.1 Å². The summed E-state index contributed by atoms with van der Waals surface area (Å²) in [6.07, 6.45) is 9.43. The number of nitrogens with zero attached hydrogens (tertiary/aromatic N) is 5. The molecular weight excluding hydrogens is 977 g/mol. The van der Waals surface area contributed by atoms with Gasteiger partial charge in [-0.05, 0) is 128 Å². The highest BCUT2D eigenvalue weighted by Gasteiger charge is 2.50. The fraction of sp³-hybridized carbons (Fsp3) is 0.536. The van der Waals surface area contributed by atoms with Crippen molar-refractivity contribution in [3.63, 3.8) is 0 Å². The van der Waals surface area contributed by atoms with Gasteiger partial charge in [-0.3, -0.25) is 39.7 Å². The minimum Gasteiger partial charge on any atom is -0.353 e. The number of rotatable bonds is 13. The third-order valence-corrected chi connectivity index (χ3v) is 16.7. The smallest absolute Gasteiger partial charge is 0.269 e. The van der Waals surface area contributed by atoms with E-state index in [1.807, 2.05) is 33.9 Å². The molecule has 1 aliphatic carbocycles. The van der Waals surface area contributed by atoms with Crippen LogP contribution in [0.4, 0.5) is 28.4 Å². The Morgan fingerprint density at radius 3 is 1.65 bits per heavy atom. The van der Waals surface area contributed by atoms with Crippen LogP contribution in [0.1, 0.15) is 156 Å². The first-order chi connectivity index (χ1) is 34.2. The van der Waals surface area contributed by atoms with Crippen LogP contribution >= 0.6 is 15.9 Å². The van der Waals surface area contributed by atoms with Gasteiger partial charge in [-0.15, -0.1) is 0 Å².